The Morgan fingerprint density at radius 1 is 1.11 bits per heavy atom. The largest absolute Gasteiger partial charge is 0.493 e. The molecule has 0 aliphatic carbocycles. The number of aromatic nitrogens is 1. The van der Waals surface area contributed by atoms with Gasteiger partial charge in [-0.05, 0) is 37.0 Å². The van der Waals surface area contributed by atoms with Crippen LogP contribution in [0.3, 0.4) is 0 Å². The summed E-state index contributed by atoms with van der Waals surface area (Å²) in [5.41, 5.74) is 0.608. The molecular formula is C24H25N3O8S2. The number of piperidine rings is 1. The number of fused-ring (bicyclic) bond motifs is 2. The average molecular weight is 548 g/mol. The second-order valence-corrected chi connectivity index (χ2v) is 11.2. The minimum atomic E-state index is -1.28. The molecule has 1 aromatic heterocycles. The molecule has 3 atom stereocenters. The molecule has 196 valence electrons. The fourth-order valence-electron chi connectivity index (χ4n) is 5.10. The first-order valence-electron chi connectivity index (χ1n) is 11.8. The van der Waals surface area contributed by atoms with Gasteiger partial charge in [0.15, 0.2) is 18.1 Å². The molecule has 4 heterocycles. The normalized spacial score (nSPS) is 23.0. The van der Waals surface area contributed by atoms with E-state index in [0.29, 0.717) is 40.1 Å². The fourth-order valence-corrected chi connectivity index (χ4v) is 7.63. The lowest BCUT2D eigenvalue weighted by Crippen LogP contribution is -2.38. The molecule has 13 heteroatoms. The first-order valence-corrected chi connectivity index (χ1v) is 13.5. The van der Waals surface area contributed by atoms with Crippen molar-refractivity contribution in [3.05, 3.63) is 38.3 Å². The molecule has 0 unspecified atom stereocenters. The number of thiazole rings is 1. The van der Waals surface area contributed by atoms with E-state index >= 15 is 0 Å². The molecular weight excluding hydrogens is 522 g/mol. The molecule has 5 rings (SSSR count). The molecule has 2 saturated heterocycles. The molecule has 2 fully saturated rings. The highest BCUT2D eigenvalue weighted by molar-refractivity contribution is 8.00. The predicted molar refractivity (Wildman–Crippen MR) is 133 cm³/mol. The van der Waals surface area contributed by atoms with Crippen LogP contribution in [0.2, 0.25) is 0 Å². The van der Waals surface area contributed by atoms with Gasteiger partial charge in [-0.2, -0.15) is 0 Å². The van der Waals surface area contributed by atoms with Crippen LogP contribution in [-0.2, 0) is 19.2 Å². The summed E-state index contributed by atoms with van der Waals surface area (Å²) in [5.74, 6) is -3.43. The molecule has 2 N–H and O–H groups in total. The molecule has 37 heavy (non-hydrogen) atoms. The maximum atomic E-state index is 13.3. The van der Waals surface area contributed by atoms with Gasteiger partial charge in [0.05, 0.1) is 18.1 Å². The van der Waals surface area contributed by atoms with Crippen molar-refractivity contribution in [2.24, 2.45) is 5.92 Å². The van der Waals surface area contributed by atoms with E-state index in [1.165, 1.54) is 7.11 Å². The van der Waals surface area contributed by atoms with Crippen molar-refractivity contribution in [2.45, 2.75) is 35.5 Å². The maximum Gasteiger partial charge on any atom is 0.323 e. The number of hydrogen-bond donors (Lipinski definition) is 2. The number of methoxy groups -OCH3 is 1. The lowest BCUT2D eigenvalue weighted by atomic mass is 9.83. The van der Waals surface area contributed by atoms with Crippen LogP contribution in [0.5, 0.6) is 11.5 Å². The number of aromatic amines is 1. The van der Waals surface area contributed by atoms with E-state index in [-0.39, 0.29) is 17.4 Å². The van der Waals surface area contributed by atoms with E-state index in [0.717, 1.165) is 47.3 Å². The van der Waals surface area contributed by atoms with Crippen molar-refractivity contribution < 1.29 is 33.8 Å². The smallest absolute Gasteiger partial charge is 0.323 e. The second kappa shape index (κ2) is 10.2. The number of carboxylic acids is 1. The minimum Gasteiger partial charge on any atom is -0.493 e. The van der Waals surface area contributed by atoms with Crippen LogP contribution in [0.4, 0.5) is 0 Å². The number of carbonyl (C=O) groups is 4. The average Bonchev–Trinajstić information content (AvgIpc) is 3.38. The molecule has 11 nitrogen and oxygen atoms in total. The zero-order chi connectivity index (χ0) is 26.3. The quantitative estimate of drug-likeness (QED) is 0.493. The lowest BCUT2D eigenvalue weighted by Gasteiger charge is -2.30. The van der Waals surface area contributed by atoms with Gasteiger partial charge in [-0.3, -0.25) is 28.9 Å². The Morgan fingerprint density at radius 2 is 1.86 bits per heavy atom. The van der Waals surface area contributed by atoms with Crippen molar-refractivity contribution in [1.82, 2.24) is 14.8 Å². The van der Waals surface area contributed by atoms with Gasteiger partial charge in [0.2, 0.25) is 11.8 Å². The molecule has 2 aromatic rings. The van der Waals surface area contributed by atoms with Crippen molar-refractivity contribution in [2.75, 3.05) is 33.4 Å². The predicted octanol–water partition coefficient (Wildman–Crippen LogP) is 1.51. The van der Waals surface area contributed by atoms with Gasteiger partial charge in [0, 0.05) is 23.9 Å². The van der Waals surface area contributed by atoms with Crippen LogP contribution >= 0.6 is 23.1 Å². The van der Waals surface area contributed by atoms with Crippen LogP contribution in [-0.4, -0.2) is 82.2 Å². The zero-order valence-electron chi connectivity index (χ0n) is 19.9. The molecule has 3 aliphatic rings. The number of rotatable bonds is 7. The lowest BCUT2D eigenvalue weighted by molar-refractivity contribution is -0.149. The standard InChI is InChI=1S/C24H25N3O8S2/c1-34-14-9-12(5-6-13(14)35-11-15(28)26-7-3-2-4-8-26)17-18-20(36-21-19(17)37-24(33)25-21)23(32)27(22(18)31)10-16(29)30/h5-6,9,17-18,20H,2-4,7-8,10-11H2,1H3,(H,25,33)(H,29,30)/t17-,18+,20-/m0/s1. The summed E-state index contributed by atoms with van der Waals surface area (Å²) in [4.78, 5) is 67.9. The molecule has 0 saturated carbocycles. The number of likely N-dealkylation sites (tertiary alicyclic amines) is 2. The van der Waals surface area contributed by atoms with Crippen molar-refractivity contribution in [3.8, 4) is 11.5 Å². The Balaban J connectivity index is 1.45. The highest BCUT2D eigenvalue weighted by Gasteiger charge is 2.56. The molecule has 3 aliphatic heterocycles. The maximum absolute atomic E-state index is 13.3. The first-order chi connectivity index (χ1) is 17.8. The van der Waals surface area contributed by atoms with Crippen LogP contribution < -0.4 is 14.3 Å². The summed E-state index contributed by atoms with van der Waals surface area (Å²) in [6, 6.07) is 5.02. The molecule has 0 radical (unpaired) electrons. The van der Waals surface area contributed by atoms with Gasteiger partial charge in [0.1, 0.15) is 11.8 Å². The van der Waals surface area contributed by atoms with Gasteiger partial charge in [0.25, 0.3) is 5.91 Å². The Kier molecular flexibility index (Phi) is 6.99. The van der Waals surface area contributed by atoms with Gasteiger partial charge in [-0.25, -0.2) is 0 Å². The van der Waals surface area contributed by atoms with E-state index < -0.39 is 41.4 Å². The Bertz CT molecular complexity index is 1320. The van der Waals surface area contributed by atoms with Crippen molar-refractivity contribution >= 4 is 46.8 Å². The number of carbonyl (C=O) groups excluding carboxylic acids is 3. The number of nitrogens with one attached hydrogen (secondary N) is 1. The van der Waals surface area contributed by atoms with E-state index in [9.17, 15) is 29.1 Å². The number of thioether (sulfide) groups is 1. The number of amides is 3. The second-order valence-electron chi connectivity index (χ2n) is 9.05. The zero-order valence-corrected chi connectivity index (χ0v) is 21.6. The first kappa shape index (κ1) is 25.3. The molecule has 1 aromatic carbocycles. The van der Waals surface area contributed by atoms with E-state index in [2.05, 4.69) is 4.98 Å². The van der Waals surface area contributed by atoms with Crippen molar-refractivity contribution in [1.29, 1.82) is 0 Å². The monoisotopic (exact) mass is 547 g/mol. The molecule has 0 spiro atoms. The number of aliphatic carboxylic acids is 1. The van der Waals surface area contributed by atoms with Gasteiger partial charge < -0.3 is 24.5 Å². The number of H-pyrrole nitrogens is 1. The minimum absolute atomic E-state index is 0.103. The summed E-state index contributed by atoms with van der Waals surface area (Å²) in [5, 5.41) is 8.84. The number of nitrogens with zero attached hydrogens (tertiary/aromatic N) is 2. The Morgan fingerprint density at radius 3 is 2.57 bits per heavy atom. The Hall–Kier alpha value is -3.32. The van der Waals surface area contributed by atoms with Crippen LogP contribution in [0, 0.1) is 5.92 Å². The topological polar surface area (TPSA) is 146 Å². The molecule has 0 bridgehead atoms. The van der Waals surface area contributed by atoms with Gasteiger partial charge in [-0.1, -0.05) is 29.2 Å². The van der Waals surface area contributed by atoms with Crippen molar-refractivity contribution in [3.63, 3.8) is 0 Å². The summed E-state index contributed by atoms with van der Waals surface area (Å²) in [6.45, 7) is 0.576. The number of hydrogen-bond acceptors (Lipinski definition) is 9. The number of ether oxygens (including phenoxy) is 2. The van der Waals surface area contributed by atoms with E-state index in [1.54, 1.807) is 23.1 Å². The highest BCUT2D eigenvalue weighted by atomic mass is 32.2. The van der Waals surface area contributed by atoms with Crippen LogP contribution in [0.1, 0.15) is 35.6 Å². The third-order valence-corrected chi connectivity index (χ3v) is 9.22. The van der Waals surface area contributed by atoms with E-state index in [1.807, 2.05) is 0 Å². The number of imide groups is 1. The van der Waals surface area contributed by atoms with Gasteiger partial charge in [-0.15, -0.1) is 0 Å². The summed E-state index contributed by atoms with van der Waals surface area (Å²) < 4.78 is 11.3. The third kappa shape index (κ3) is 4.73. The Labute approximate surface area is 219 Å². The third-order valence-electron chi connectivity index (χ3n) is 6.82. The highest BCUT2D eigenvalue weighted by Crippen LogP contribution is 2.53. The summed E-state index contributed by atoms with van der Waals surface area (Å²) in [6.07, 6.45) is 3.06. The molecule has 3 amide bonds. The fraction of sp³-hybridized carbons (Fsp3) is 0.458. The number of carboxylic acid groups (broad SMARTS) is 1. The van der Waals surface area contributed by atoms with Gasteiger partial charge >= 0.3 is 10.8 Å². The SMILES string of the molecule is COc1cc([C@@H]2c3sc(=O)[nH]c3S[C@@H]3C(=O)N(CC(=O)O)C(=O)[C@H]23)ccc1OCC(=O)N1CCCCC1. The van der Waals surface area contributed by atoms with Crippen LogP contribution in [0.15, 0.2) is 28.0 Å². The van der Waals surface area contributed by atoms with Crippen LogP contribution in [0.25, 0.3) is 0 Å². The number of benzene rings is 1. The van der Waals surface area contributed by atoms with E-state index in [4.69, 9.17) is 9.47 Å². The summed E-state index contributed by atoms with van der Waals surface area (Å²) in [7, 11) is 1.46. The summed E-state index contributed by atoms with van der Waals surface area (Å²) >= 11 is 2.03.